The van der Waals surface area contributed by atoms with Crippen LogP contribution in [0.15, 0.2) is 54.6 Å². The summed E-state index contributed by atoms with van der Waals surface area (Å²) in [5.74, 6) is 1.94. The van der Waals surface area contributed by atoms with Gasteiger partial charge in [-0.2, -0.15) is 0 Å². The van der Waals surface area contributed by atoms with Crippen LogP contribution in [-0.4, -0.2) is 31.1 Å². The fourth-order valence-corrected chi connectivity index (χ4v) is 5.01. The Morgan fingerprint density at radius 1 is 0.967 bits per heavy atom. The summed E-state index contributed by atoms with van der Waals surface area (Å²) in [4.78, 5) is 24.1. The molecule has 0 aromatic heterocycles. The lowest BCUT2D eigenvalue weighted by molar-refractivity contribution is -0.150. The van der Waals surface area contributed by atoms with Crippen molar-refractivity contribution in [2.45, 2.75) is 38.6 Å². The van der Waals surface area contributed by atoms with E-state index in [-0.39, 0.29) is 25.2 Å². The van der Waals surface area contributed by atoms with Gasteiger partial charge in [0.05, 0.1) is 0 Å². The van der Waals surface area contributed by atoms with Crippen LogP contribution in [0, 0.1) is 17.8 Å². The van der Waals surface area contributed by atoms with Gasteiger partial charge in [-0.1, -0.05) is 48.9 Å². The van der Waals surface area contributed by atoms with Gasteiger partial charge in [0.15, 0.2) is 13.2 Å². The fraction of sp³-hybridized carbons (Fsp3) is 0.440. The van der Waals surface area contributed by atoms with Crippen molar-refractivity contribution in [1.82, 2.24) is 5.32 Å². The molecule has 0 unspecified atom stereocenters. The van der Waals surface area contributed by atoms with Crippen LogP contribution >= 0.6 is 0 Å². The number of fused-ring (bicyclic) bond motifs is 2. The summed E-state index contributed by atoms with van der Waals surface area (Å²) in [5.41, 5.74) is 2.20. The van der Waals surface area contributed by atoms with Crippen molar-refractivity contribution in [2.24, 2.45) is 17.8 Å². The van der Waals surface area contributed by atoms with Crippen LogP contribution in [0.25, 0.3) is 11.1 Å². The van der Waals surface area contributed by atoms with Crippen LogP contribution in [0.3, 0.4) is 0 Å². The maximum absolute atomic E-state index is 12.1. The van der Waals surface area contributed by atoms with Crippen LogP contribution in [0.4, 0.5) is 0 Å². The van der Waals surface area contributed by atoms with E-state index in [9.17, 15) is 9.59 Å². The second kappa shape index (κ2) is 9.33. The molecule has 30 heavy (non-hydrogen) atoms. The van der Waals surface area contributed by atoms with E-state index in [1.54, 1.807) is 0 Å². The smallest absolute Gasteiger partial charge is 0.344 e. The van der Waals surface area contributed by atoms with Crippen molar-refractivity contribution >= 4 is 11.9 Å². The van der Waals surface area contributed by atoms with Crippen LogP contribution in [-0.2, 0) is 14.3 Å². The van der Waals surface area contributed by atoms with Gasteiger partial charge in [0.25, 0.3) is 5.91 Å². The van der Waals surface area contributed by atoms with E-state index in [0.29, 0.717) is 11.7 Å². The van der Waals surface area contributed by atoms with Crippen molar-refractivity contribution in [3.8, 4) is 16.9 Å². The molecule has 2 aliphatic carbocycles. The summed E-state index contributed by atoms with van der Waals surface area (Å²) in [6.45, 7) is 1.58. The molecule has 0 heterocycles. The van der Waals surface area contributed by atoms with E-state index < -0.39 is 5.97 Å². The van der Waals surface area contributed by atoms with Crippen molar-refractivity contribution in [3.63, 3.8) is 0 Å². The Labute approximate surface area is 177 Å². The molecule has 0 spiro atoms. The predicted molar refractivity (Wildman–Crippen MR) is 115 cm³/mol. The number of carbonyl (C=O) groups is 2. The zero-order chi connectivity index (χ0) is 20.9. The normalized spacial score (nSPS) is 23.0. The molecule has 1 amide bonds. The molecule has 0 saturated heterocycles. The number of benzene rings is 2. The van der Waals surface area contributed by atoms with E-state index in [1.807, 2.05) is 54.6 Å². The van der Waals surface area contributed by atoms with Crippen molar-refractivity contribution in [1.29, 1.82) is 0 Å². The highest BCUT2D eigenvalue weighted by Crippen LogP contribution is 2.49. The Morgan fingerprint density at radius 2 is 1.70 bits per heavy atom. The van der Waals surface area contributed by atoms with Crippen LogP contribution < -0.4 is 10.1 Å². The summed E-state index contributed by atoms with van der Waals surface area (Å²) < 4.78 is 10.5. The lowest BCUT2D eigenvalue weighted by atomic mass is 9.84. The van der Waals surface area contributed by atoms with Gasteiger partial charge in [-0.05, 0) is 67.2 Å². The summed E-state index contributed by atoms with van der Waals surface area (Å²) in [5, 5.41) is 3.00. The average molecular weight is 408 g/mol. The first kappa shape index (κ1) is 20.5. The van der Waals surface area contributed by atoms with Crippen LogP contribution in [0.1, 0.15) is 32.6 Å². The minimum atomic E-state index is -0.551. The zero-order valence-electron chi connectivity index (χ0n) is 17.4. The Hall–Kier alpha value is -2.82. The molecule has 5 nitrogen and oxygen atoms in total. The maximum Gasteiger partial charge on any atom is 0.344 e. The number of rotatable bonds is 8. The number of carbonyl (C=O) groups excluding carboxylic acids is 2. The van der Waals surface area contributed by atoms with Crippen LogP contribution in [0.2, 0.25) is 0 Å². The molecular formula is C25H29NO4. The molecule has 0 aliphatic heterocycles. The van der Waals surface area contributed by atoms with Gasteiger partial charge in [0.2, 0.25) is 0 Å². The molecule has 1 N–H and O–H groups in total. The Kier molecular flexibility index (Phi) is 6.36. The molecule has 0 radical (unpaired) electrons. The quantitative estimate of drug-likeness (QED) is 0.666. The van der Waals surface area contributed by atoms with Crippen molar-refractivity contribution < 1.29 is 19.1 Å². The summed E-state index contributed by atoms with van der Waals surface area (Å²) in [6.07, 6.45) is 5.15. The standard InChI is InChI=1S/C25H29NO4/c1-17(23-14-18-7-8-21(23)13-18)26-24(27)15-30-25(28)16-29-22-11-9-20(10-12-22)19-5-3-2-4-6-19/h2-6,9-12,17-18,21,23H,7-8,13-16H2,1H3,(H,26,27)/t17-,18-,21-,23-/m1/s1. The SMILES string of the molecule is C[C@@H](NC(=O)COC(=O)COc1ccc(-c2ccccc2)cc1)[C@H]1C[C@@H]2CC[C@@H]1C2. The predicted octanol–water partition coefficient (Wildman–Crippen LogP) is 4.22. The number of nitrogens with one attached hydrogen (secondary N) is 1. The van der Waals surface area contributed by atoms with Crippen molar-refractivity contribution in [3.05, 3.63) is 54.6 Å². The molecule has 158 valence electrons. The van der Waals surface area contributed by atoms with Gasteiger partial charge in [-0.25, -0.2) is 4.79 Å². The fourth-order valence-electron chi connectivity index (χ4n) is 5.01. The van der Waals surface area contributed by atoms with Gasteiger partial charge < -0.3 is 14.8 Å². The number of amides is 1. The molecule has 4 rings (SSSR count). The third kappa shape index (κ3) is 5.02. The molecule has 2 saturated carbocycles. The van der Waals surface area contributed by atoms with Gasteiger partial charge in [0, 0.05) is 6.04 Å². The molecule has 4 atom stereocenters. The molecule has 2 aromatic carbocycles. The lowest BCUT2D eigenvalue weighted by Crippen LogP contribution is -2.42. The highest BCUT2D eigenvalue weighted by Gasteiger charge is 2.42. The maximum atomic E-state index is 12.1. The average Bonchev–Trinajstić information content (AvgIpc) is 3.41. The second-order valence-electron chi connectivity index (χ2n) is 8.53. The second-order valence-corrected chi connectivity index (χ2v) is 8.53. The van der Waals surface area contributed by atoms with Gasteiger partial charge >= 0.3 is 5.97 Å². The van der Waals surface area contributed by atoms with Gasteiger partial charge in [0.1, 0.15) is 5.75 Å². The first-order valence-corrected chi connectivity index (χ1v) is 10.8. The Morgan fingerprint density at radius 3 is 2.37 bits per heavy atom. The molecular weight excluding hydrogens is 378 g/mol. The number of hydrogen-bond donors (Lipinski definition) is 1. The first-order chi connectivity index (χ1) is 14.6. The van der Waals surface area contributed by atoms with E-state index in [2.05, 4.69) is 12.2 Å². The third-order valence-electron chi connectivity index (χ3n) is 6.51. The molecule has 2 aromatic rings. The number of esters is 1. The Balaban J connectivity index is 1.16. The zero-order valence-corrected chi connectivity index (χ0v) is 17.4. The minimum absolute atomic E-state index is 0.130. The van der Waals surface area contributed by atoms with Crippen LogP contribution in [0.5, 0.6) is 5.75 Å². The number of ether oxygens (including phenoxy) is 2. The van der Waals surface area contributed by atoms with E-state index in [4.69, 9.17) is 9.47 Å². The topological polar surface area (TPSA) is 64.6 Å². The third-order valence-corrected chi connectivity index (χ3v) is 6.51. The summed E-state index contributed by atoms with van der Waals surface area (Å²) >= 11 is 0. The van der Waals surface area contributed by atoms with E-state index in [1.165, 1.54) is 25.7 Å². The Bertz CT molecular complexity index is 864. The van der Waals surface area contributed by atoms with Crippen molar-refractivity contribution in [2.75, 3.05) is 13.2 Å². The number of hydrogen-bond acceptors (Lipinski definition) is 4. The largest absolute Gasteiger partial charge is 0.482 e. The minimum Gasteiger partial charge on any atom is -0.482 e. The van der Waals surface area contributed by atoms with Gasteiger partial charge in [-0.15, -0.1) is 0 Å². The molecule has 2 bridgehead atoms. The lowest BCUT2D eigenvalue weighted by Gasteiger charge is -2.28. The van der Waals surface area contributed by atoms with Gasteiger partial charge in [-0.3, -0.25) is 4.79 Å². The first-order valence-electron chi connectivity index (χ1n) is 10.8. The van der Waals surface area contributed by atoms with E-state index in [0.717, 1.165) is 23.0 Å². The summed E-state index contributed by atoms with van der Waals surface area (Å²) in [7, 11) is 0. The highest BCUT2D eigenvalue weighted by molar-refractivity contribution is 5.81. The summed E-state index contributed by atoms with van der Waals surface area (Å²) in [6, 6.07) is 17.7. The highest BCUT2D eigenvalue weighted by atomic mass is 16.6. The monoisotopic (exact) mass is 407 g/mol. The molecule has 2 aliphatic rings. The van der Waals surface area contributed by atoms with E-state index >= 15 is 0 Å². The molecule has 5 heteroatoms. The molecule has 2 fully saturated rings.